The minimum absolute atomic E-state index is 0.256. The lowest BCUT2D eigenvalue weighted by Crippen LogP contribution is -1.85. The molecule has 0 fully saturated rings. The van der Waals surface area contributed by atoms with E-state index in [0.29, 0.717) is 21.2 Å². The van der Waals surface area contributed by atoms with Gasteiger partial charge in [0, 0.05) is 15.6 Å². The Hall–Kier alpha value is -1.56. The van der Waals surface area contributed by atoms with Crippen LogP contribution in [0.1, 0.15) is 5.56 Å². The van der Waals surface area contributed by atoms with Crippen molar-refractivity contribution in [3.8, 4) is 17.2 Å². The first-order chi connectivity index (χ1) is 8.10. The molecule has 0 spiro atoms. The van der Waals surface area contributed by atoms with E-state index < -0.39 is 5.82 Å². The molecule has 1 nitrogen and oxygen atoms in total. The van der Waals surface area contributed by atoms with Gasteiger partial charge in [0.1, 0.15) is 5.82 Å². The SMILES string of the molecule is N#Cc1cc(F)cc(-c2ccc(Cl)cc2Cl)c1. The molecule has 0 unspecified atom stereocenters. The van der Waals surface area contributed by atoms with E-state index >= 15 is 0 Å². The highest BCUT2D eigenvalue weighted by Crippen LogP contribution is 2.31. The first kappa shape index (κ1) is 11.9. The largest absolute Gasteiger partial charge is 0.207 e. The summed E-state index contributed by atoms with van der Waals surface area (Å²) < 4.78 is 13.3. The smallest absolute Gasteiger partial charge is 0.125 e. The van der Waals surface area contributed by atoms with Crippen LogP contribution < -0.4 is 0 Å². The number of nitrogens with zero attached hydrogens (tertiary/aromatic N) is 1. The van der Waals surface area contributed by atoms with Crippen molar-refractivity contribution in [2.24, 2.45) is 0 Å². The van der Waals surface area contributed by atoms with Gasteiger partial charge in [0.25, 0.3) is 0 Å². The quantitative estimate of drug-likeness (QED) is 0.735. The van der Waals surface area contributed by atoms with Gasteiger partial charge in [-0.05, 0) is 35.9 Å². The summed E-state index contributed by atoms with van der Waals surface area (Å²) in [4.78, 5) is 0. The van der Waals surface area contributed by atoms with E-state index in [9.17, 15) is 4.39 Å². The monoisotopic (exact) mass is 265 g/mol. The fourth-order valence-electron chi connectivity index (χ4n) is 1.53. The van der Waals surface area contributed by atoms with E-state index in [2.05, 4.69) is 0 Å². The van der Waals surface area contributed by atoms with Crippen LogP contribution in [-0.4, -0.2) is 0 Å². The summed E-state index contributed by atoms with van der Waals surface area (Å²) in [5.74, 6) is -0.468. The van der Waals surface area contributed by atoms with E-state index in [1.807, 2.05) is 6.07 Å². The lowest BCUT2D eigenvalue weighted by atomic mass is 10.0. The number of nitriles is 1. The number of benzene rings is 2. The van der Waals surface area contributed by atoms with Crippen LogP contribution in [0.5, 0.6) is 0 Å². The maximum atomic E-state index is 13.3. The molecule has 0 radical (unpaired) electrons. The Bertz CT molecular complexity index is 617. The van der Waals surface area contributed by atoms with E-state index in [0.717, 1.165) is 0 Å². The molecule has 0 saturated heterocycles. The van der Waals surface area contributed by atoms with Crippen LogP contribution in [0.3, 0.4) is 0 Å². The highest BCUT2D eigenvalue weighted by molar-refractivity contribution is 6.36. The molecule has 4 heteroatoms. The molecule has 0 N–H and O–H groups in total. The molecule has 0 amide bonds. The number of rotatable bonds is 1. The van der Waals surface area contributed by atoms with Crippen molar-refractivity contribution in [3.63, 3.8) is 0 Å². The van der Waals surface area contributed by atoms with Gasteiger partial charge in [0.05, 0.1) is 11.6 Å². The Balaban J connectivity index is 2.61. The molecule has 2 aromatic rings. The third-order valence-corrected chi connectivity index (χ3v) is 2.82. The van der Waals surface area contributed by atoms with Gasteiger partial charge < -0.3 is 0 Å². The Morgan fingerprint density at radius 2 is 1.82 bits per heavy atom. The third kappa shape index (κ3) is 2.58. The topological polar surface area (TPSA) is 23.8 Å². The van der Waals surface area contributed by atoms with Gasteiger partial charge in [-0.1, -0.05) is 29.3 Å². The summed E-state index contributed by atoms with van der Waals surface area (Å²) in [6.45, 7) is 0. The maximum Gasteiger partial charge on any atom is 0.125 e. The average molecular weight is 266 g/mol. The third-order valence-electron chi connectivity index (χ3n) is 2.27. The fraction of sp³-hybridized carbons (Fsp3) is 0. The molecule has 0 aliphatic heterocycles. The summed E-state index contributed by atoms with van der Waals surface area (Å²) in [5.41, 5.74) is 1.46. The highest BCUT2D eigenvalue weighted by Gasteiger charge is 2.07. The molecule has 84 valence electrons. The molecule has 0 atom stereocenters. The van der Waals surface area contributed by atoms with E-state index in [4.69, 9.17) is 28.5 Å². The van der Waals surface area contributed by atoms with Crippen LogP contribution in [0.4, 0.5) is 4.39 Å². The van der Waals surface area contributed by atoms with Crippen molar-refractivity contribution in [2.45, 2.75) is 0 Å². The summed E-state index contributed by atoms with van der Waals surface area (Å²) in [5, 5.41) is 9.71. The van der Waals surface area contributed by atoms with Crippen LogP contribution in [0.25, 0.3) is 11.1 Å². The van der Waals surface area contributed by atoms with Crippen molar-refractivity contribution >= 4 is 23.2 Å². The minimum Gasteiger partial charge on any atom is -0.207 e. The zero-order chi connectivity index (χ0) is 12.4. The van der Waals surface area contributed by atoms with Gasteiger partial charge in [0.15, 0.2) is 0 Å². The lowest BCUT2D eigenvalue weighted by molar-refractivity contribution is 0.628. The van der Waals surface area contributed by atoms with Gasteiger partial charge in [-0.25, -0.2) is 4.39 Å². The van der Waals surface area contributed by atoms with Crippen molar-refractivity contribution in [1.82, 2.24) is 0 Å². The molecular formula is C13H6Cl2FN. The van der Waals surface area contributed by atoms with E-state index in [-0.39, 0.29) is 5.56 Å². The molecule has 0 bridgehead atoms. The first-order valence-electron chi connectivity index (χ1n) is 4.76. The zero-order valence-electron chi connectivity index (χ0n) is 8.55. The Morgan fingerprint density at radius 3 is 2.47 bits per heavy atom. The predicted octanol–water partition coefficient (Wildman–Crippen LogP) is 4.67. The molecule has 17 heavy (non-hydrogen) atoms. The molecule has 2 aromatic carbocycles. The highest BCUT2D eigenvalue weighted by atomic mass is 35.5. The van der Waals surface area contributed by atoms with Crippen LogP contribution >= 0.6 is 23.2 Å². The Kier molecular flexibility index (Phi) is 3.33. The minimum atomic E-state index is -0.468. The predicted molar refractivity (Wildman–Crippen MR) is 66.6 cm³/mol. The van der Waals surface area contributed by atoms with E-state index in [1.165, 1.54) is 12.1 Å². The molecule has 0 saturated carbocycles. The molecule has 2 rings (SSSR count). The van der Waals surface area contributed by atoms with Crippen molar-refractivity contribution in [3.05, 3.63) is 57.8 Å². The molecular weight excluding hydrogens is 260 g/mol. The molecule has 0 heterocycles. The van der Waals surface area contributed by atoms with Gasteiger partial charge >= 0.3 is 0 Å². The summed E-state index contributed by atoms with van der Waals surface area (Å²) >= 11 is 11.8. The van der Waals surface area contributed by atoms with Crippen molar-refractivity contribution < 1.29 is 4.39 Å². The normalized spacial score (nSPS) is 10.0. The van der Waals surface area contributed by atoms with Crippen LogP contribution in [0.15, 0.2) is 36.4 Å². The van der Waals surface area contributed by atoms with Crippen molar-refractivity contribution in [1.29, 1.82) is 5.26 Å². The van der Waals surface area contributed by atoms with Gasteiger partial charge in [-0.3, -0.25) is 0 Å². The summed E-state index contributed by atoms with van der Waals surface area (Å²) in [7, 11) is 0. The Morgan fingerprint density at radius 1 is 1.06 bits per heavy atom. The van der Waals surface area contributed by atoms with Gasteiger partial charge in [-0.15, -0.1) is 0 Å². The second-order valence-corrected chi connectivity index (χ2v) is 4.31. The van der Waals surface area contributed by atoms with Crippen LogP contribution in [0.2, 0.25) is 10.0 Å². The molecule has 0 aliphatic carbocycles. The van der Waals surface area contributed by atoms with Crippen LogP contribution in [-0.2, 0) is 0 Å². The number of hydrogen-bond donors (Lipinski definition) is 0. The second kappa shape index (κ2) is 4.75. The molecule has 0 aliphatic rings. The maximum absolute atomic E-state index is 13.3. The fourth-order valence-corrected chi connectivity index (χ4v) is 2.05. The van der Waals surface area contributed by atoms with Crippen LogP contribution in [0, 0.1) is 17.1 Å². The van der Waals surface area contributed by atoms with Gasteiger partial charge in [-0.2, -0.15) is 5.26 Å². The number of hydrogen-bond acceptors (Lipinski definition) is 1. The van der Waals surface area contributed by atoms with E-state index in [1.54, 1.807) is 24.3 Å². The molecule has 0 aromatic heterocycles. The Labute approximate surface area is 108 Å². The summed E-state index contributed by atoms with van der Waals surface area (Å²) in [6.07, 6.45) is 0. The van der Waals surface area contributed by atoms with Crippen molar-refractivity contribution in [2.75, 3.05) is 0 Å². The standard InChI is InChI=1S/C13H6Cl2FN/c14-10-1-2-12(13(15)6-10)9-3-8(7-17)4-11(16)5-9/h1-6H. The summed E-state index contributed by atoms with van der Waals surface area (Å²) in [6, 6.07) is 10.9. The second-order valence-electron chi connectivity index (χ2n) is 3.46. The number of halogens is 3. The first-order valence-corrected chi connectivity index (χ1v) is 5.52. The average Bonchev–Trinajstić information content (AvgIpc) is 2.28. The lowest BCUT2D eigenvalue weighted by Gasteiger charge is -2.05. The van der Waals surface area contributed by atoms with Gasteiger partial charge in [0.2, 0.25) is 0 Å². The zero-order valence-corrected chi connectivity index (χ0v) is 10.1.